The lowest BCUT2D eigenvalue weighted by atomic mass is 9.48. The summed E-state index contributed by atoms with van der Waals surface area (Å²) in [6.07, 6.45) is 8.72. The Morgan fingerprint density at radius 1 is 1.12 bits per heavy atom. The number of hydrogen-bond acceptors (Lipinski definition) is 7. The quantitative estimate of drug-likeness (QED) is 0.451. The summed E-state index contributed by atoms with van der Waals surface area (Å²) in [5.41, 5.74) is 0.270. The molecule has 0 bridgehead atoms. The Hall–Kier alpha value is -2.18. The number of carbonyl (C=O) groups is 3. The van der Waals surface area contributed by atoms with Crippen LogP contribution in [0.5, 0.6) is 0 Å². The molecule has 0 aromatic rings. The average molecular weight is 472 g/mol. The Morgan fingerprint density at radius 3 is 2.59 bits per heavy atom. The number of fused-ring (bicyclic) bond motifs is 7. The van der Waals surface area contributed by atoms with E-state index in [9.17, 15) is 14.4 Å². The molecule has 5 aliphatic rings. The molecular formula is C27H37NO6. The van der Waals surface area contributed by atoms with Crippen LogP contribution in [-0.2, 0) is 28.6 Å². The van der Waals surface area contributed by atoms with Gasteiger partial charge in [-0.2, -0.15) is 0 Å². The maximum Gasteiger partial charge on any atom is 0.303 e. The lowest BCUT2D eigenvalue weighted by Gasteiger charge is -2.57. The van der Waals surface area contributed by atoms with Crippen LogP contribution < -0.4 is 0 Å². The zero-order chi connectivity index (χ0) is 24.5. The van der Waals surface area contributed by atoms with Crippen LogP contribution in [0.3, 0.4) is 0 Å². The van der Waals surface area contributed by atoms with Gasteiger partial charge in [0, 0.05) is 26.2 Å². The van der Waals surface area contributed by atoms with E-state index in [-0.39, 0.29) is 41.4 Å². The van der Waals surface area contributed by atoms with E-state index in [1.165, 1.54) is 19.4 Å². The first-order chi connectivity index (χ1) is 16.0. The highest BCUT2D eigenvalue weighted by atomic mass is 16.5. The molecule has 1 heterocycles. The van der Waals surface area contributed by atoms with Crippen LogP contribution in [0.15, 0.2) is 16.6 Å². The van der Waals surface area contributed by atoms with Crippen molar-refractivity contribution in [2.24, 2.45) is 33.6 Å². The standard InChI is InChI=1S/C27H37NO6/c1-15-28-27(23(31)14-32-16(2)29)24(33-15)13-22-20-7-6-18-12-19(34-17(3)30)8-10-25(18,4)21(20)9-11-26(22,27)5/h9,18-20,22,24H,6-8,10-14H2,1-5H3/t18-,19-,20+,22-,24+,25-,26-,27+/m0/s1. The van der Waals surface area contributed by atoms with Gasteiger partial charge >= 0.3 is 11.9 Å². The molecule has 7 heteroatoms. The summed E-state index contributed by atoms with van der Waals surface area (Å²) in [5.74, 6) is 0.958. The maximum atomic E-state index is 13.6. The Balaban J connectivity index is 1.46. The van der Waals surface area contributed by atoms with Crippen molar-refractivity contribution in [1.29, 1.82) is 0 Å². The second-order valence-electron chi connectivity index (χ2n) is 11.6. The molecule has 0 radical (unpaired) electrons. The average Bonchev–Trinajstić information content (AvgIpc) is 3.22. The number of carbonyl (C=O) groups excluding carboxylic acids is 3. The van der Waals surface area contributed by atoms with Crippen LogP contribution >= 0.6 is 0 Å². The third-order valence-corrected chi connectivity index (χ3v) is 9.98. The van der Waals surface area contributed by atoms with E-state index in [2.05, 4.69) is 19.9 Å². The first kappa shape index (κ1) is 23.6. The van der Waals surface area contributed by atoms with Crippen molar-refractivity contribution in [3.63, 3.8) is 0 Å². The van der Waals surface area contributed by atoms with E-state index in [1.54, 1.807) is 0 Å². The van der Waals surface area contributed by atoms with Crippen LogP contribution in [0.2, 0.25) is 0 Å². The topological polar surface area (TPSA) is 91.3 Å². The van der Waals surface area contributed by atoms with Gasteiger partial charge in [-0.05, 0) is 68.1 Å². The molecule has 7 nitrogen and oxygen atoms in total. The summed E-state index contributed by atoms with van der Waals surface area (Å²) in [4.78, 5) is 41.4. The zero-order valence-corrected chi connectivity index (χ0v) is 21.0. The molecule has 3 saturated carbocycles. The molecule has 5 rings (SSSR count). The fraction of sp³-hybridized carbons (Fsp3) is 0.778. The number of ketones is 1. The lowest BCUT2D eigenvalue weighted by Crippen LogP contribution is -2.57. The third kappa shape index (κ3) is 3.21. The van der Waals surface area contributed by atoms with E-state index in [4.69, 9.17) is 19.2 Å². The van der Waals surface area contributed by atoms with Crippen LogP contribution in [0.25, 0.3) is 0 Å². The highest BCUT2D eigenvalue weighted by molar-refractivity contribution is 5.97. The molecule has 1 aliphatic heterocycles. The molecule has 0 N–H and O–H groups in total. The van der Waals surface area contributed by atoms with Crippen molar-refractivity contribution in [2.75, 3.05) is 6.61 Å². The number of nitrogens with zero attached hydrogens (tertiary/aromatic N) is 1. The second kappa shape index (κ2) is 7.92. The predicted octanol–water partition coefficient (Wildman–Crippen LogP) is 4.18. The molecule has 0 aromatic carbocycles. The minimum atomic E-state index is -0.996. The molecule has 4 aliphatic carbocycles. The molecule has 0 spiro atoms. The summed E-state index contributed by atoms with van der Waals surface area (Å²) in [7, 11) is 0. The Bertz CT molecular complexity index is 986. The molecule has 0 amide bonds. The van der Waals surface area contributed by atoms with Gasteiger partial charge < -0.3 is 14.2 Å². The number of ether oxygens (including phenoxy) is 3. The number of Topliss-reactive ketones (excluding diaryl/α,β-unsaturated/α-hetero) is 1. The van der Waals surface area contributed by atoms with E-state index in [0.29, 0.717) is 23.7 Å². The normalized spacial score (nSPS) is 44.3. The van der Waals surface area contributed by atoms with Crippen molar-refractivity contribution in [1.82, 2.24) is 0 Å². The van der Waals surface area contributed by atoms with Crippen LogP contribution in [0.4, 0.5) is 0 Å². The number of hydrogen-bond donors (Lipinski definition) is 0. The number of rotatable bonds is 4. The minimum Gasteiger partial charge on any atom is -0.475 e. The highest BCUT2D eigenvalue weighted by Crippen LogP contribution is 2.68. The monoisotopic (exact) mass is 471 g/mol. The summed E-state index contributed by atoms with van der Waals surface area (Å²) in [5, 5.41) is 0. The largest absolute Gasteiger partial charge is 0.475 e. The summed E-state index contributed by atoms with van der Waals surface area (Å²) in [6, 6.07) is 0. The number of allylic oxidation sites excluding steroid dienone is 2. The molecule has 3 fully saturated rings. The molecule has 0 aromatic heterocycles. The van der Waals surface area contributed by atoms with Crippen molar-refractivity contribution < 1.29 is 28.6 Å². The van der Waals surface area contributed by atoms with Crippen molar-refractivity contribution in [2.45, 2.75) is 97.3 Å². The summed E-state index contributed by atoms with van der Waals surface area (Å²) < 4.78 is 16.9. The van der Waals surface area contributed by atoms with Crippen LogP contribution in [0, 0.1) is 28.6 Å². The van der Waals surface area contributed by atoms with E-state index in [1.807, 2.05) is 6.92 Å². The van der Waals surface area contributed by atoms with Gasteiger partial charge in [0.2, 0.25) is 5.78 Å². The summed E-state index contributed by atoms with van der Waals surface area (Å²) >= 11 is 0. The van der Waals surface area contributed by atoms with Gasteiger partial charge in [0.05, 0.1) is 0 Å². The van der Waals surface area contributed by atoms with Gasteiger partial charge in [-0.3, -0.25) is 14.4 Å². The van der Waals surface area contributed by atoms with E-state index < -0.39 is 11.5 Å². The van der Waals surface area contributed by atoms with Crippen molar-refractivity contribution in [3.8, 4) is 0 Å². The fourth-order valence-corrected chi connectivity index (χ4v) is 8.48. The Morgan fingerprint density at radius 2 is 1.88 bits per heavy atom. The van der Waals surface area contributed by atoms with Gasteiger partial charge in [0.25, 0.3) is 0 Å². The Labute approximate surface area is 201 Å². The van der Waals surface area contributed by atoms with Gasteiger partial charge in [0.15, 0.2) is 18.0 Å². The lowest BCUT2D eigenvalue weighted by molar-refractivity contribution is -0.151. The molecule has 186 valence electrons. The fourth-order valence-electron chi connectivity index (χ4n) is 8.48. The maximum absolute atomic E-state index is 13.6. The third-order valence-electron chi connectivity index (χ3n) is 9.98. The highest BCUT2D eigenvalue weighted by Gasteiger charge is 2.72. The number of aliphatic imine (C=N–C) groups is 1. The SMILES string of the molecule is CC(=O)OCC(=O)[C@@]12N=C(C)O[C@@H]1C[C@H]1[C@@H]3CC[C@H]4C[C@@H](OC(C)=O)CC[C@]4(C)C3=CC[C@@]12C. The van der Waals surface area contributed by atoms with E-state index >= 15 is 0 Å². The second-order valence-corrected chi connectivity index (χ2v) is 11.6. The van der Waals surface area contributed by atoms with Gasteiger partial charge in [-0.15, -0.1) is 0 Å². The smallest absolute Gasteiger partial charge is 0.303 e. The van der Waals surface area contributed by atoms with Gasteiger partial charge in [0.1, 0.15) is 12.2 Å². The van der Waals surface area contributed by atoms with Crippen molar-refractivity contribution >= 4 is 23.6 Å². The predicted molar refractivity (Wildman–Crippen MR) is 125 cm³/mol. The van der Waals surface area contributed by atoms with Crippen LogP contribution in [0.1, 0.15) is 79.6 Å². The van der Waals surface area contributed by atoms with Crippen molar-refractivity contribution in [3.05, 3.63) is 11.6 Å². The van der Waals surface area contributed by atoms with Crippen LogP contribution in [-0.4, -0.2) is 48.0 Å². The first-order valence-corrected chi connectivity index (χ1v) is 12.8. The van der Waals surface area contributed by atoms with E-state index in [0.717, 1.165) is 44.9 Å². The van der Waals surface area contributed by atoms with Gasteiger partial charge in [-0.1, -0.05) is 25.5 Å². The zero-order valence-electron chi connectivity index (χ0n) is 21.0. The minimum absolute atomic E-state index is 0.0281. The first-order valence-electron chi connectivity index (χ1n) is 12.8. The molecule has 0 saturated heterocycles. The van der Waals surface area contributed by atoms with Gasteiger partial charge in [-0.25, -0.2) is 4.99 Å². The molecule has 8 atom stereocenters. The molecule has 0 unspecified atom stereocenters. The molecular weight excluding hydrogens is 434 g/mol. The number of esters is 2. The summed E-state index contributed by atoms with van der Waals surface area (Å²) in [6.45, 7) is 8.98. The molecule has 34 heavy (non-hydrogen) atoms. The Kier molecular flexibility index (Phi) is 5.49.